The zero-order valence-corrected chi connectivity index (χ0v) is 15.9. The Morgan fingerprint density at radius 3 is 2.67 bits per heavy atom. The lowest BCUT2D eigenvalue weighted by molar-refractivity contribution is -0.121. The third-order valence-electron chi connectivity index (χ3n) is 4.26. The fraction of sp³-hybridized carbons (Fsp3) is 0.100. The van der Waals surface area contributed by atoms with Gasteiger partial charge in [-0.1, -0.05) is 6.07 Å². The van der Waals surface area contributed by atoms with Gasteiger partial charge in [0.25, 0.3) is 5.91 Å². The van der Waals surface area contributed by atoms with Gasteiger partial charge < -0.3 is 16.2 Å². The van der Waals surface area contributed by atoms with Gasteiger partial charge in [0.15, 0.2) is 6.61 Å². The van der Waals surface area contributed by atoms with Crippen molar-refractivity contribution in [2.45, 2.75) is 6.92 Å². The number of anilines is 1. The Bertz CT molecular complexity index is 1280. The molecule has 0 aliphatic carbocycles. The summed E-state index contributed by atoms with van der Waals surface area (Å²) >= 11 is 0. The van der Waals surface area contributed by atoms with Crippen LogP contribution in [0, 0.1) is 6.92 Å². The average molecular weight is 403 g/mol. The van der Waals surface area contributed by atoms with Crippen LogP contribution in [0.25, 0.3) is 28.4 Å². The summed E-state index contributed by atoms with van der Waals surface area (Å²) in [6.07, 6.45) is 3.22. The summed E-state index contributed by atoms with van der Waals surface area (Å²) in [5, 5.41) is 0. The van der Waals surface area contributed by atoms with Crippen molar-refractivity contribution in [1.29, 1.82) is 0 Å². The molecular weight excluding hydrogens is 386 g/mol. The van der Waals surface area contributed by atoms with Crippen molar-refractivity contribution in [3.05, 3.63) is 60.0 Å². The standard InChI is InChI=1S/C20H17N7O3/c1-11-3-2-4-13(24-11)17-18(14-5-7-23-20(22)25-14)27-8-6-12(9-16(27)26-17)19(29)30-10-15(21)28/h2-9H,10H2,1H3,(H2,21,28)(H2,22,23,25). The Labute approximate surface area is 170 Å². The molecule has 4 rings (SSSR count). The van der Waals surface area contributed by atoms with Crippen LogP contribution in [0.4, 0.5) is 5.95 Å². The zero-order valence-electron chi connectivity index (χ0n) is 15.9. The minimum absolute atomic E-state index is 0.122. The smallest absolute Gasteiger partial charge is 0.338 e. The zero-order chi connectivity index (χ0) is 21.3. The number of hydrogen-bond donors (Lipinski definition) is 2. The Balaban J connectivity index is 1.89. The fourth-order valence-corrected chi connectivity index (χ4v) is 3.00. The molecule has 0 radical (unpaired) electrons. The van der Waals surface area contributed by atoms with E-state index in [1.807, 2.05) is 25.1 Å². The number of ether oxygens (including phenoxy) is 1. The highest BCUT2D eigenvalue weighted by atomic mass is 16.5. The largest absolute Gasteiger partial charge is 0.452 e. The number of carbonyl (C=O) groups excluding carboxylic acids is 2. The van der Waals surface area contributed by atoms with Crippen LogP contribution in [-0.4, -0.2) is 42.8 Å². The number of nitrogens with zero attached hydrogens (tertiary/aromatic N) is 5. The van der Waals surface area contributed by atoms with Crippen molar-refractivity contribution in [3.8, 4) is 22.8 Å². The number of aromatic nitrogens is 5. The fourth-order valence-electron chi connectivity index (χ4n) is 3.00. The minimum Gasteiger partial charge on any atom is -0.452 e. The summed E-state index contributed by atoms with van der Waals surface area (Å²) < 4.78 is 6.65. The summed E-state index contributed by atoms with van der Waals surface area (Å²) in [6, 6.07) is 10.4. The van der Waals surface area contributed by atoms with Gasteiger partial charge in [0.05, 0.1) is 17.0 Å². The summed E-state index contributed by atoms with van der Waals surface area (Å²) in [7, 11) is 0. The molecule has 10 nitrogen and oxygen atoms in total. The van der Waals surface area contributed by atoms with Crippen molar-refractivity contribution < 1.29 is 14.3 Å². The average Bonchev–Trinajstić information content (AvgIpc) is 3.10. The second kappa shape index (κ2) is 7.59. The molecule has 0 aromatic carbocycles. The van der Waals surface area contributed by atoms with Gasteiger partial charge in [-0.2, -0.15) is 0 Å². The number of fused-ring (bicyclic) bond motifs is 1. The van der Waals surface area contributed by atoms with E-state index < -0.39 is 18.5 Å². The van der Waals surface area contributed by atoms with E-state index in [-0.39, 0.29) is 11.5 Å². The van der Waals surface area contributed by atoms with Crippen molar-refractivity contribution in [1.82, 2.24) is 24.3 Å². The van der Waals surface area contributed by atoms with Gasteiger partial charge in [-0.15, -0.1) is 0 Å². The first kappa shape index (κ1) is 19.0. The molecule has 4 N–H and O–H groups in total. The second-order valence-electron chi connectivity index (χ2n) is 6.46. The normalized spacial score (nSPS) is 10.8. The van der Waals surface area contributed by atoms with E-state index in [4.69, 9.17) is 16.2 Å². The lowest BCUT2D eigenvalue weighted by Crippen LogP contribution is -2.20. The molecular formula is C20H17N7O3. The van der Waals surface area contributed by atoms with Gasteiger partial charge in [0.2, 0.25) is 5.95 Å². The number of rotatable bonds is 5. The number of amides is 1. The van der Waals surface area contributed by atoms with Crippen LogP contribution in [0.3, 0.4) is 0 Å². The summed E-state index contributed by atoms with van der Waals surface area (Å²) in [5.41, 5.74) is 14.7. The van der Waals surface area contributed by atoms with Crippen molar-refractivity contribution in [3.63, 3.8) is 0 Å². The first-order valence-electron chi connectivity index (χ1n) is 8.93. The molecule has 4 aromatic heterocycles. The van der Waals surface area contributed by atoms with E-state index in [2.05, 4.69) is 19.9 Å². The van der Waals surface area contributed by atoms with Crippen LogP contribution >= 0.6 is 0 Å². The third-order valence-corrected chi connectivity index (χ3v) is 4.26. The van der Waals surface area contributed by atoms with Crippen molar-refractivity contribution in [2.75, 3.05) is 12.3 Å². The van der Waals surface area contributed by atoms with Gasteiger partial charge in [-0.3, -0.25) is 14.2 Å². The Hall–Kier alpha value is -4.34. The summed E-state index contributed by atoms with van der Waals surface area (Å²) in [6.45, 7) is 1.39. The number of nitrogens with two attached hydrogens (primary N) is 2. The van der Waals surface area contributed by atoms with E-state index in [1.165, 1.54) is 0 Å². The van der Waals surface area contributed by atoms with Crippen LogP contribution in [0.5, 0.6) is 0 Å². The monoisotopic (exact) mass is 403 g/mol. The lowest BCUT2D eigenvalue weighted by Gasteiger charge is -2.06. The van der Waals surface area contributed by atoms with E-state index in [9.17, 15) is 9.59 Å². The van der Waals surface area contributed by atoms with Gasteiger partial charge in [0.1, 0.15) is 17.0 Å². The highest BCUT2D eigenvalue weighted by Gasteiger charge is 2.20. The molecule has 150 valence electrons. The Morgan fingerprint density at radius 1 is 1.10 bits per heavy atom. The SMILES string of the molecule is Cc1cccc(-c2nc3cc(C(=O)OCC(N)=O)ccn3c2-c2ccnc(N)n2)n1. The number of esters is 1. The molecule has 4 heterocycles. The lowest BCUT2D eigenvalue weighted by atomic mass is 10.1. The van der Waals surface area contributed by atoms with E-state index in [0.717, 1.165) is 5.69 Å². The first-order chi connectivity index (χ1) is 14.4. The molecule has 10 heteroatoms. The third kappa shape index (κ3) is 3.65. The molecule has 0 atom stereocenters. The maximum absolute atomic E-state index is 12.2. The number of nitrogen functional groups attached to an aromatic ring is 1. The molecule has 0 saturated heterocycles. The van der Waals surface area contributed by atoms with Crippen molar-refractivity contribution in [2.24, 2.45) is 5.73 Å². The molecule has 0 unspecified atom stereocenters. The van der Waals surface area contributed by atoms with Gasteiger partial charge in [-0.25, -0.2) is 19.7 Å². The molecule has 1 amide bonds. The van der Waals surface area contributed by atoms with Crippen LogP contribution in [0.2, 0.25) is 0 Å². The number of aryl methyl sites for hydroxylation is 1. The van der Waals surface area contributed by atoms with Crippen LogP contribution < -0.4 is 11.5 Å². The predicted octanol–water partition coefficient (Wildman–Crippen LogP) is 1.39. The van der Waals surface area contributed by atoms with Gasteiger partial charge in [0, 0.05) is 18.1 Å². The number of primary amides is 1. The quantitative estimate of drug-likeness (QED) is 0.474. The molecule has 0 spiro atoms. The summed E-state index contributed by atoms with van der Waals surface area (Å²) in [4.78, 5) is 40.5. The second-order valence-corrected chi connectivity index (χ2v) is 6.46. The Morgan fingerprint density at radius 2 is 1.93 bits per heavy atom. The van der Waals surface area contributed by atoms with E-state index >= 15 is 0 Å². The Kier molecular flexibility index (Phi) is 4.80. The molecule has 30 heavy (non-hydrogen) atoms. The van der Waals surface area contributed by atoms with Crippen LogP contribution in [0.15, 0.2) is 48.8 Å². The van der Waals surface area contributed by atoms with Crippen molar-refractivity contribution >= 4 is 23.5 Å². The first-order valence-corrected chi connectivity index (χ1v) is 8.93. The maximum atomic E-state index is 12.2. The summed E-state index contributed by atoms with van der Waals surface area (Å²) in [5.74, 6) is -1.29. The molecule has 0 aliphatic rings. The number of pyridine rings is 2. The molecule has 0 bridgehead atoms. The van der Waals surface area contributed by atoms with Crippen LogP contribution in [0.1, 0.15) is 16.1 Å². The van der Waals surface area contributed by atoms with E-state index in [1.54, 1.807) is 35.0 Å². The topological polar surface area (TPSA) is 151 Å². The molecule has 4 aromatic rings. The van der Waals surface area contributed by atoms with Gasteiger partial charge in [-0.05, 0) is 37.3 Å². The number of carbonyl (C=O) groups is 2. The predicted molar refractivity (Wildman–Crippen MR) is 108 cm³/mol. The minimum atomic E-state index is -0.735. The molecule has 0 saturated carbocycles. The maximum Gasteiger partial charge on any atom is 0.338 e. The molecule has 0 aliphatic heterocycles. The van der Waals surface area contributed by atoms with E-state index in [0.29, 0.717) is 28.4 Å². The molecule has 0 fully saturated rings. The number of hydrogen-bond acceptors (Lipinski definition) is 8. The highest BCUT2D eigenvalue weighted by molar-refractivity contribution is 5.92. The number of imidazole rings is 1. The van der Waals surface area contributed by atoms with Crippen LogP contribution in [-0.2, 0) is 9.53 Å². The highest BCUT2D eigenvalue weighted by Crippen LogP contribution is 2.31. The van der Waals surface area contributed by atoms with Gasteiger partial charge >= 0.3 is 5.97 Å².